The molecular weight excluding hydrogens is 624 g/mol. The van der Waals surface area contributed by atoms with Crippen molar-refractivity contribution in [3.63, 3.8) is 0 Å². The number of esters is 1. The van der Waals surface area contributed by atoms with Gasteiger partial charge in [0.1, 0.15) is 11.9 Å². The molecule has 2 aliphatic heterocycles. The number of amides is 1. The number of aryl methyl sites for hydroxylation is 1. The van der Waals surface area contributed by atoms with E-state index in [2.05, 4.69) is 30.5 Å². The Balaban J connectivity index is 1.10. The number of halogens is 1. The summed E-state index contributed by atoms with van der Waals surface area (Å²) < 4.78 is 19.6. The Morgan fingerprint density at radius 1 is 1.10 bits per heavy atom. The highest BCUT2D eigenvalue weighted by atomic mass is 79.9. The highest BCUT2D eigenvalue weighted by molar-refractivity contribution is 9.10. The molecule has 3 aromatic rings. The lowest BCUT2D eigenvalue weighted by Crippen LogP contribution is -2.49. The van der Waals surface area contributed by atoms with Crippen molar-refractivity contribution in [1.82, 2.24) is 24.4 Å². The first-order chi connectivity index (χ1) is 20.1. The molecule has 0 radical (unpaired) electrons. The number of rotatable bonds is 7. The van der Waals surface area contributed by atoms with E-state index in [1.165, 1.54) is 18.1 Å². The van der Waals surface area contributed by atoms with Crippen LogP contribution in [0.3, 0.4) is 0 Å². The molecule has 1 saturated heterocycles. The van der Waals surface area contributed by atoms with Crippen molar-refractivity contribution in [3.05, 3.63) is 22.9 Å². The van der Waals surface area contributed by atoms with E-state index in [0.29, 0.717) is 54.0 Å². The van der Waals surface area contributed by atoms with Crippen molar-refractivity contribution in [2.75, 3.05) is 25.6 Å². The first-order valence-electron chi connectivity index (χ1n) is 14.3. The number of benzene rings is 1. The fourth-order valence-corrected chi connectivity index (χ4v) is 7.24. The maximum Gasteiger partial charge on any atom is 0.310 e. The molecule has 42 heavy (non-hydrogen) atoms. The summed E-state index contributed by atoms with van der Waals surface area (Å²) in [7, 11) is 0. The fraction of sp³-hybridized carbons (Fsp3) is 0.552. The summed E-state index contributed by atoms with van der Waals surface area (Å²) in [4.78, 5) is 42.2. The van der Waals surface area contributed by atoms with Crippen molar-refractivity contribution in [2.45, 2.75) is 75.1 Å². The molecule has 1 unspecified atom stereocenters. The molecule has 1 aromatic carbocycles. The van der Waals surface area contributed by atoms with Gasteiger partial charge < -0.3 is 29.4 Å². The normalized spacial score (nSPS) is 20.5. The highest BCUT2D eigenvalue weighted by Crippen LogP contribution is 2.43. The van der Waals surface area contributed by atoms with Gasteiger partial charge in [0.25, 0.3) is 0 Å². The van der Waals surface area contributed by atoms with E-state index < -0.39 is 5.60 Å². The largest absolute Gasteiger partial charge is 0.460 e. The molecule has 2 N–H and O–H groups in total. The van der Waals surface area contributed by atoms with E-state index in [1.807, 2.05) is 37.8 Å². The fourth-order valence-electron chi connectivity index (χ4n) is 5.73. The second-order valence-corrected chi connectivity index (χ2v) is 14.0. The standard InChI is InChI=1S/C29H35BrN6O5S/c1-29(2,3)41-27(38)18-5-4-17(18)26(37)35-9-6-16(7-10-35)8-11-36-25-23(24(31)32-14-33-25)34-28(36)42-22-13-21-20(12-19(22)30)39-15-40-21/h12-14,16-18H,4-11,15H2,1-3H3,(H2,31,32,33)/t17-,18?/m1/s1. The smallest absolute Gasteiger partial charge is 0.310 e. The van der Waals surface area contributed by atoms with Crippen LogP contribution in [0.1, 0.15) is 52.9 Å². The number of piperidine rings is 1. The molecule has 2 fully saturated rings. The summed E-state index contributed by atoms with van der Waals surface area (Å²) in [5, 5.41) is 0.766. The SMILES string of the molecule is CC(C)(C)OC(=O)C1CC[C@H]1C(=O)N1CCC(CCn2c(Sc3cc4c(cc3Br)OCO4)nc3c(N)ncnc32)CC1. The van der Waals surface area contributed by atoms with Gasteiger partial charge in [-0.05, 0) is 86.9 Å². The van der Waals surface area contributed by atoms with Gasteiger partial charge in [-0.1, -0.05) is 11.8 Å². The predicted molar refractivity (Wildman–Crippen MR) is 160 cm³/mol. The number of carbonyl (C=O) groups is 2. The Morgan fingerprint density at radius 2 is 1.81 bits per heavy atom. The van der Waals surface area contributed by atoms with Gasteiger partial charge in [-0.25, -0.2) is 15.0 Å². The summed E-state index contributed by atoms with van der Waals surface area (Å²) >= 11 is 5.15. The molecule has 11 nitrogen and oxygen atoms in total. The lowest BCUT2D eigenvalue weighted by Gasteiger charge is -2.40. The summed E-state index contributed by atoms with van der Waals surface area (Å²) in [6, 6.07) is 3.85. The summed E-state index contributed by atoms with van der Waals surface area (Å²) in [6.07, 6.45) is 5.68. The van der Waals surface area contributed by atoms with E-state index in [0.717, 1.165) is 46.6 Å². The van der Waals surface area contributed by atoms with Crippen LogP contribution < -0.4 is 15.2 Å². The minimum atomic E-state index is -0.545. The number of likely N-dealkylation sites (tertiary alicyclic amines) is 1. The van der Waals surface area contributed by atoms with Crippen LogP contribution in [0.4, 0.5) is 5.82 Å². The molecule has 4 heterocycles. The van der Waals surface area contributed by atoms with Gasteiger partial charge in [0.2, 0.25) is 12.7 Å². The molecule has 224 valence electrons. The van der Waals surface area contributed by atoms with Gasteiger partial charge in [-0.15, -0.1) is 0 Å². The van der Waals surface area contributed by atoms with Crippen LogP contribution in [-0.4, -0.2) is 61.8 Å². The summed E-state index contributed by atoms with van der Waals surface area (Å²) in [5.74, 6) is 1.46. The van der Waals surface area contributed by atoms with Crippen LogP contribution in [0, 0.1) is 17.8 Å². The molecule has 0 bridgehead atoms. The number of anilines is 1. The average Bonchev–Trinajstić information content (AvgIpc) is 3.50. The molecular formula is C29H35BrN6O5S. The van der Waals surface area contributed by atoms with Crippen molar-refractivity contribution in [2.24, 2.45) is 17.8 Å². The lowest BCUT2D eigenvalue weighted by molar-refractivity contribution is -0.171. The third-order valence-electron chi connectivity index (χ3n) is 8.14. The number of nitrogens with two attached hydrogens (primary N) is 1. The topological polar surface area (TPSA) is 135 Å². The first kappa shape index (κ1) is 29.0. The van der Waals surface area contributed by atoms with E-state index in [4.69, 9.17) is 24.9 Å². The molecule has 2 aromatic heterocycles. The Labute approximate surface area is 257 Å². The Hall–Kier alpha value is -3.06. The van der Waals surface area contributed by atoms with E-state index in [9.17, 15) is 9.59 Å². The zero-order valence-corrected chi connectivity index (χ0v) is 26.4. The van der Waals surface area contributed by atoms with E-state index >= 15 is 0 Å². The summed E-state index contributed by atoms with van der Waals surface area (Å²) in [6.45, 7) is 7.89. The van der Waals surface area contributed by atoms with E-state index in [1.54, 1.807) is 0 Å². The number of nitrogen functional groups attached to an aromatic ring is 1. The predicted octanol–water partition coefficient (Wildman–Crippen LogP) is 5.05. The van der Waals surface area contributed by atoms with Gasteiger partial charge >= 0.3 is 5.97 Å². The van der Waals surface area contributed by atoms with Crippen molar-refractivity contribution < 1.29 is 23.8 Å². The van der Waals surface area contributed by atoms with Gasteiger partial charge in [0.05, 0.1) is 11.8 Å². The molecule has 6 rings (SSSR count). The highest BCUT2D eigenvalue weighted by Gasteiger charge is 2.45. The van der Waals surface area contributed by atoms with Crippen LogP contribution in [0.5, 0.6) is 11.5 Å². The van der Waals surface area contributed by atoms with Crippen LogP contribution in [0.15, 0.2) is 33.0 Å². The van der Waals surface area contributed by atoms with Crippen molar-refractivity contribution >= 4 is 56.6 Å². The molecule has 1 saturated carbocycles. The minimum absolute atomic E-state index is 0.0938. The number of nitrogens with zero attached hydrogens (tertiary/aromatic N) is 5. The monoisotopic (exact) mass is 658 g/mol. The number of carbonyl (C=O) groups excluding carboxylic acids is 2. The molecule has 2 atom stereocenters. The van der Waals surface area contributed by atoms with Gasteiger partial charge in [0, 0.05) is 29.0 Å². The third kappa shape index (κ3) is 5.90. The summed E-state index contributed by atoms with van der Waals surface area (Å²) in [5.41, 5.74) is 6.91. The number of aromatic nitrogens is 4. The van der Waals surface area contributed by atoms with Crippen LogP contribution >= 0.6 is 27.7 Å². The molecule has 13 heteroatoms. The maximum atomic E-state index is 13.3. The second kappa shape index (κ2) is 11.6. The Morgan fingerprint density at radius 3 is 2.50 bits per heavy atom. The molecule has 1 aliphatic carbocycles. The van der Waals surface area contributed by atoms with Crippen LogP contribution in [0.25, 0.3) is 11.2 Å². The van der Waals surface area contributed by atoms with Crippen molar-refractivity contribution in [1.29, 1.82) is 0 Å². The maximum absolute atomic E-state index is 13.3. The van der Waals surface area contributed by atoms with Crippen LogP contribution in [-0.2, 0) is 20.9 Å². The zero-order valence-electron chi connectivity index (χ0n) is 24.0. The second-order valence-electron chi connectivity index (χ2n) is 12.1. The average molecular weight is 660 g/mol. The van der Waals surface area contributed by atoms with Gasteiger partial charge in [0.15, 0.2) is 33.6 Å². The van der Waals surface area contributed by atoms with Gasteiger partial charge in [-0.3, -0.25) is 9.59 Å². The first-order valence-corrected chi connectivity index (χ1v) is 15.9. The van der Waals surface area contributed by atoms with Gasteiger partial charge in [-0.2, -0.15) is 0 Å². The minimum Gasteiger partial charge on any atom is -0.460 e. The zero-order chi connectivity index (χ0) is 29.6. The number of fused-ring (bicyclic) bond motifs is 2. The Kier molecular flexibility index (Phi) is 7.99. The number of ether oxygens (including phenoxy) is 3. The Bertz CT molecular complexity index is 1520. The quantitative estimate of drug-likeness (QED) is 0.344. The molecule has 3 aliphatic rings. The number of hydrogen-bond donors (Lipinski definition) is 1. The molecule has 1 amide bonds. The van der Waals surface area contributed by atoms with Crippen LogP contribution in [0.2, 0.25) is 0 Å². The van der Waals surface area contributed by atoms with E-state index in [-0.39, 0.29) is 30.5 Å². The number of hydrogen-bond acceptors (Lipinski definition) is 10. The lowest BCUT2D eigenvalue weighted by atomic mass is 9.72. The number of imidazole rings is 1. The molecule has 0 spiro atoms. The third-order valence-corrected chi connectivity index (χ3v) is 10.1. The van der Waals surface area contributed by atoms with Crippen molar-refractivity contribution in [3.8, 4) is 11.5 Å².